The first-order valence-corrected chi connectivity index (χ1v) is 7.16. The molecule has 1 aliphatic heterocycles. The predicted molar refractivity (Wildman–Crippen MR) is 82.9 cm³/mol. The Balaban J connectivity index is 1.45. The van der Waals surface area contributed by atoms with E-state index in [1.54, 1.807) is 31.4 Å². The Morgan fingerprint density at radius 3 is 2.61 bits per heavy atom. The van der Waals surface area contributed by atoms with Crippen LogP contribution in [0.25, 0.3) is 0 Å². The maximum atomic E-state index is 11.8. The second-order valence-electron chi connectivity index (χ2n) is 4.93. The molecule has 1 heterocycles. The SMILES string of the molecule is COc1ccc(OCC(=O)NCc2ccc3c(c2)OCO3)cc1. The van der Waals surface area contributed by atoms with Gasteiger partial charge in [0.2, 0.25) is 6.79 Å². The molecule has 0 bridgehead atoms. The maximum absolute atomic E-state index is 11.8. The average Bonchev–Trinajstić information content (AvgIpc) is 3.06. The lowest BCUT2D eigenvalue weighted by Crippen LogP contribution is -2.28. The number of hydrogen-bond acceptors (Lipinski definition) is 5. The number of carbonyl (C=O) groups excluding carboxylic acids is 1. The number of fused-ring (bicyclic) bond motifs is 1. The molecule has 2 aromatic carbocycles. The van der Waals surface area contributed by atoms with E-state index in [-0.39, 0.29) is 19.3 Å². The molecule has 1 aliphatic rings. The highest BCUT2D eigenvalue weighted by molar-refractivity contribution is 5.77. The van der Waals surface area contributed by atoms with Crippen LogP contribution in [0.5, 0.6) is 23.0 Å². The van der Waals surface area contributed by atoms with Crippen LogP contribution >= 0.6 is 0 Å². The Kier molecular flexibility index (Phi) is 4.52. The summed E-state index contributed by atoms with van der Waals surface area (Å²) in [7, 11) is 1.60. The number of ether oxygens (including phenoxy) is 4. The smallest absolute Gasteiger partial charge is 0.258 e. The first kappa shape index (κ1) is 15.0. The molecule has 0 spiro atoms. The highest BCUT2D eigenvalue weighted by atomic mass is 16.7. The molecule has 1 N–H and O–H groups in total. The van der Waals surface area contributed by atoms with Gasteiger partial charge in [0.25, 0.3) is 5.91 Å². The molecule has 0 fully saturated rings. The fourth-order valence-corrected chi connectivity index (χ4v) is 2.12. The zero-order chi connectivity index (χ0) is 16.1. The molecular weight excluding hydrogens is 298 g/mol. The largest absolute Gasteiger partial charge is 0.497 e. The molecule has 0 saturated carbocycles. The van der Waals surface area contributed by atoms with Gasteiger partial charge in [-0.2, -0.15) is 0 Å². The first-order valence-electron chi connectivity index (χ1n) is 7.16. The van der Waals surface area contributed by atoms with Crippen molar-refractivity contribution in [2.24, 2.45) is 0 Å². The van der Waals surface area contributed by atoms with E-state index < -0.39 is 0 Å². The van der Waals surface area contributed by atoms with Gasteiger partial charge in [-0.3, -0.25) is 4.79 Å². The Bertz CT molecular complexity index is 684. The molecule has 0 saturated heterocycles. The summed E-state index contributed by atoms with van der Waals surface area (Å²) in [5, 5.41) is 2.80. The van der Waals surface area contributed by atoms with Crippen LogP contribution in [0.15, 0.2) is 42.5 Å². The molecule has 6 heteroatoms. The summed E-state index contributed by atoms with van der Waals surface area (Å²) in [4.78, 5) is 11.8. The summed E-state index contributed by atoms with van der Waals surface area (Å²) in [5.41, 5.74) is 0.937. The van der Waals surface area contributed by atoms with Crippen molar-refractivity contribution in [2.45, 2.75) is 6.54 Å². The van der Waals surface area contributed by atoms with Crippen molar-refractivity contribution in [3.63, 3.8) is 0 Å². The fraction of sp³-hybridized carbons (Fsp3) is 0.235. The van der Waals surface area contributed by atoms with Crippen molar-refractivity contribution >= 4 is 5.91 Å². The molecule has 23 heavy (non-hydrogen) atoms. The molecule has 0 unspecified atom stereocenters. The van der Waals surface area contributed by atoms with E-state index in [1.165, 1.54) is 0 Å². The average molecular weight is 315 g/mol. The van der Waals surface area contributed by atoms with Crippen molar-refractivity contribution in [3.05, 3.63) is 48.0 Å². The monoisotopic (exact) mass is 315 g/mol. The van der Waals surface area contributed by atoms with E-state index in [2.05, 4.69) is 5.32 Å². The normalized spacial score (nSPS) is 11.9. The molecule has 3 rings (SSSR count). The molecule has 1 amide bonds. The van der Waals surface area contributed by atoms with Crippen molar-refractivity contribution in [3.8, 4) is 23.0 Å². The predicted octanol–water partition coefficient (Wildman–Crippen LogP) is 2.12. The van der Waals surface area contributed by atoms with E-state index in [4.69, 9.17) is 18.9 Å². The molecule has 2 aromatic rings. The lowest BCUT2D eigenvalue weighted by Gasteiger charge is -2.08. The minimum absolute atomic E-state index is 0.0448. The lowest BCUT2D eigenvalue weighted by molar-refractivity contribution is -0.123. The van der Waals surface area contributed by atoms with Crippen molar-refractivity contribution in [1.82, 2.24) is 5.32 Å². The summed E-state index contributed by atoms with van der Waals surface area (Å²) in [6.07, 6.45) is 0. The highest BCUT2D eigenvalue weighted by Crippen LogP contribution is 2.32. The van der Waals surface area contributed by atoms with Crippen LogP contribution in [0, 0.1) is 0 Å². The Labute approximate surface area is 133 Å². The van der Waals surface area contributed by atoms with Crippen LogP contribution in [0.2, 0.25) is 0 Å². The molecular formula is C17H17NO5. The third-order valence-electron chi connectivity index (χ3n) is 3.36. The number of hydrogen-bond donors (Lipinski definition) is 1. The minimum Gasteiger partial charge on any atom is -0.497 e. The molecule has 0 aliphatic carbocycles. The third-order valence-corrected chi connectivity index (χ3v) is 3.36. The van der Waals surface area contributed by atoms with Gasteiger partial charge < -0.3 is 24.3 Å². The Morgan fingerprint density at radius 2 is 1.83 bits per heavy atom. The Hall–Kier alpha value is -2.89. The topological polar surface area (TPSA) is 66.0 Å². The van der Waals surface area contributed by atoms with Crippen LogP contribution in [0.4, 0.5) is 0 Å². The van der Waals surface area contributed by atoms with Gasteiger partial charge in [-0.25, -0.2) is 0 Å². The molecule has 0 aromatic heterocycles. The van der Waals surface area contributed by atoms with Crippen molar-refractivity contribution in [2.75, 3.05) is 20.5 Å². The van der Waals surface area contributed by atoms with Gasteiger partial charge in [0.1, 0.15) is 11.5 Å². The molecule has 0 radical (unpaired) electrons. The van der Waals surface area contributed by atoms with Crippen LogP contribution in [-0.4, -0.2) is 26.4 Å². The number of nitrogens with one attached hydrogen (secondary N) is 1. The zero-order valence-electron chi connectivity index (χ0n) is 12.7. The van der Waals surface area contributed by atoms with Crippen LogP contribution in [0.1, 0.15) is 5.56 Å². The zero-order valence-corrected chi connectivity index (χ0v) is 12.7. The van der Waals surface area contributed by atoms with Gasteiger partial charge in [0.05, 0.1) is 7.11 Å². The summed E-state index contributed by atoms with van der Waals surface area (Å²) < 4.78 is 21.0. The van der Waals surface area contributed by atoms with E-state index in [0.717, 1.165) is 17.1 Å². The Morgan fingerprint density at radius 1 is 1.09 bits per heavy atom. The van der Waals surface area contributed by atoms with Crippen LogP contribution in [0.3, 0.4) is 0 Å². The number of carbonyl (C=O) groups is 1. The van der Waals surface area contributed by atoms with Gasteiger partial charge in [-0.15, -0.1) is 0 Å². The van der Waals surface area contributed by atoms with E-state index in [0.29, 0.717) is 18.0 Å². The van der Waals surface area contributed by atoms with Crippen molar-refractivity contribution < 1.29 is 23.7 Å². The fourth-order valence-electron chi connectivity index (χ4n) is 2.12. The van der Waals surface area contributed by atoms with Crippen LogP contribution < -0.4 is 24.3 Å². The van der Waals surface area contributed by atoms with E-state index >= 15 is 0 Å². The first-order chi connectivity index (χ1) is 11.2. The quantitative estimate of drug-likeness (QED) is 0.884. The van der Waals surface area contributed by atoms with Gasteiger partial charge >= 0.3 is 0 Å². The summed E-state index contributed by atoms with van der Waals surface area (Å²) >= 11 is 0. The van der Waals surface area contributed by atoms with Gasteiger partial charge in [0.15, 0.2) is 18.1 Å². The van der Waals surface area contributed by atoms with Gasteiger partial charge in [0, 0.05) is 6.54 Å². The lowest BCUT2D eigenvalue weighted by atomic mass is 10.2. The van der Waals surface area contributed by atoms with Crippen LogP contribution in [-0.2, 0) is 11.3 Å². The summed E-state index contributed by atoms with van der Waals surface area (Å²) in [6, 6.07) is 12.6. The third kappa shape index (κ3) is 3.85. The minimum atomic E-state index is -0.196. The van der Waals surface area contributed by atoms with E-state index in [9.17, 15) is 4.79 Å². The van der Waals surface area contributed by atoms with Gasteiger partial charge in [-0.1, -0.05) is 6.07 Å². The van der Waals surface area contributed by atoms with Crippen molar-refractivity contribution in [1.29, 1.82) is 0 Å². The number of amides is 1. The number of rotatable bonds is 6. The second kappa shape index (κ2) is 6.91. The molecule has 6 nitrogen and oxygen atoms in total. The maximum Gasteiger partial charge on any atom is 0.258 e. The molecule has 0 atom stereocenters. The highest BCUT2D eigenvalue weighted by Gasteiger charge is 2.13. The standard InChI is InChI=1S/C17H17NO5/c1-20-13-3-5-14(6-4-13)21-10-17(19)18-9-12-2-7-15-16(8-12)23-11-22-15/h2-8H,9-11H2,1H3,(H,18,19). The summed E-state index contributed by atoms with van der Waals surface area (Å²) in [5.74, 6) is 2.58. The number of methoxy groups -OCH3 is 1. The molecule has 120 valence electrons. The van der Waals surface area contributed by atoms with Gasteiger partial charge in [-0.05, 0) is 42.0 Å². The summed E-state index contributed by atoms with van der Waals surface area (Å²) in [6.45, 7) is 0.596. The number of benzene rings is 2. The van der Waals surface area contributed by atoms with E-state index in [1.807, 2.05) is 18.2 Å². The second-order valence-corrected chi connectivity index (χ2v) is 4.93.